The largest absolute Gasteiger partial charge is 0.497 e. The van der Waals surface area contributed by atoms with Gasteiger partial charge in [0.15, 0.2) is 0 Å². The van der Waals surface area contributed by atoms with Gasteiger partial charge in [-0.1, -0.05) is 25.0 Å². The van der Waals surface area contributed by atoms with Crippen LogP contribution in [-0.2, 0) is 6.42 Å². The molecular weight excluding hydrogens is 278 g/mol. The van der Waals surface area contributed by atoms with Gasteiger partial charge in [-0.3, -0.25) is 4.79 Å². The number of aryl methyl sites for hydroxylation is 2. The summed E-state index contributed by atoms with van der Waals surface area (Å²) in [4.78, 5) is 15.8. The number of carbonyl (C=O) groups excluding carboxylic acids is 1. The van der Waals surface area contributed by atoms with E-state index in [0.717, 1.165) is 37.9 Å². The fraction of sp³-hybridized carbons (Fsp3) is 0.444. The molecule has 0 aliphatic rings. The lowest BCUT2D eigenvalue weighted by molar-refractivity contribution is 0.0944. The highest BCUT2D eigenvalue weighted by molar-refractivity contribution is 5.91. The smallest absolute Gasteiger partial charge is 0.263 e. The second-order valence-electron chi connectivity index (χ2n) is 5.46. The summed E-state index contributed by atoms with van der Waals surface area (Å²) in [5, 5.41) is 0. The number of unbranched alkanes of at least 4 members (excludes halogenated alkanes) is 3. The van der Waals surface area contributed by atoms with Crippen LogP contribution in [0.3, 0.4) is 0 Å². The van der Waals surface area contributed by atoms with Crippen molar-refractivity contribution in [1.82, 2.24) is 4.98 Å². The number of ketones is 1. The molecule has 2 aromatic rings. The minimum absolute atomic E-state index is 0.000829. The molecule has 4 heteroatoms. The highest BCUT2D eigenvalue weighted by atomic mass is 16.5. The monoisotopic (exact) mass is 301 g/mol. The first-order chi connectivity index (χ1) is 10.7. The summed E-state index contributed by atoms with van der Waals surface area (Å²) in [6.07, 6.45) is 7.33. The first-order valence-electron chi connectivity index (χ1n) is 7.77. The summed E-state index contributed by atoms with van der Waals surface area (Å²) >= 11 is 0. The molecule has 1 heterocycles. The molecule has 22 heavy (non-hydrogen) atoms. The second kappa shape index (κ2) is 8.37. The molecular formula is C18H23NO3. The molecule has 0 aliphatic heterocycles. The zero-order valence-electron chi connectivity index (χ0n) is 13.3. The number of hydrogen-bond acceptors (Lipinski definition) is 4. The molecule has 2 rings (SSSR count). The molecule has 0 bridgehead atoms. The molecule has 1 aromatic heterocycles. The number of Topliss-reactive ketones (excluding diaryl/α,β-unsaturated/α-hetero) is 1. The van der Waals surface area contributed by atoms with Gasteiger partial charge < -0.3 is 9.15 Å². The van der Waals surface area contributed by atoms with Gasteiger partial charge in [0.25, 0.3) is 5.89 Å². The van der Waals surface area contributed by atoms with Crippen LogP contribution in [0, 0.1) is 6.92 Å². The Balaban J connectivity index is 1.60. The van der Waals surface area contributed by atoms with Gasteiger partial charge in [0, 0.05) is 6.42 Å². The van der Waals surface area contributed by atoms with Gasteiger partial charge >= 0.3 is 0 Å². The molecule has 0 fully saturated rings. The normalized spacial score (nSPS) is 10.6. The van der Waals surface area contributed by atoms with E-state index in [2.05, 4.69) is 17.1 Å². The molecule has 0 spiro atoms. The summed E-state index contributed by atoms with van der Waals surface area (Å²) in [5.41, 5.74) is 1.30. The Hall–Kier alpha value is -2.10. The fourth-order valence-electron chi connectivity index (χ4n) is 2.39. The molecule has 0 amide bonds. The van der Waals surface area contributed by atoms with Crippen molar-refractivity contribution in [3.8, 4) is 5.75 Å². The van der Waals surface area contributed by atoms with Gasteiger partial charge in [-0.05, 0) is 43.9 Å². The fourth-order valence-corrected chi connectivity index (χ4v) is 2.39. The minimum Gasteiger partial charge on any atom is -0.497 e. The number of rotatable bonds is 9. The van der Waals surface area contributed by atoms with Crippen LogP contribution in [-0.4, -0.2) is 17.9 Å². The summed E-state index contributed by atoms with van der Waals surface area (Å²) < 4.78 is 10.4. The van der Waals surface area contributed by atoms with Crippen molar-refractivity contribution in [3.05, 3.63) is 47.7 Å². The number of methoxy groups -OCH3 is 1. The molecule has 0 saturated carbocycles. The Bertz CT molecular complexity index is 604. The summed E-state index contributed by atoms with van der Waals surface area (Å²) in [5.74, 6) is 1.83. The molecule has 0 N–H and O–H groups in total. The van der Waals surface area contributed by atoms with Crippen LogP contribution in [0.25, 0.3) is 0 Å². The predicted octanol–water partition coefficient (Wildman–Crippen LogP) is 4.37. The topological polar surface area (TPSA) is 52.3 Å². The maximum atomic E-state index is 11.8. The van der Waals surface area contributed by atoms with Gasteiger partial charge in [-0.25, -0.2) is 4.98 Å². The van der Waals surface area contributed by atoms with Gasteiger partial charge in [0.05, 0.1) is 13.3 Å². The Morgan fingerprint density at radius 1 is 1.23 bits per heavy atom. The molecule has 0 saturated heterocycles. The number of aromatic nitrogens is 1. The van der Waals surface area contributed by atoms with Crippen LogP contribution in [0.15, 0.2) is 34.9 Å². The van der Waals surface area contributed by atoms with E-state index < -0.39 is 0 Å². The molecule has 1 aromatic carbocycles. The van der Waals surface area contributed by atoms with E-state index in [1.807, 2.05) is 12.1 Å². The lowest BCUT2D eigenvalue weighted by atomic mass is 10.0. The van der Waals surface area contributed by atoms with Gasteiger partial charge in [0.2, 0.25) is 5.78 Å². The van der Waals surface area contributed by atoms with Crippen LogP contribution < -0.4 is 4.74 Å². The molecule has 0 aliphatic carbocycles. The molecule has 118 valence electrons. The molecule has 0 atom stereocenters. The zero-order chi connectivity index (χ0) is 15.8. The number of hydrogen-bond donors (Lipinski definition) is 0. The number of oxazole rings is 1. The summed E-state index contributed by atoms with van der Waals surface area (Å²) in [7, 11) is 1.69. The van der Waals surface area contributed by atoms with E-state index in [1.165, 1.54) is 5.56 Å². The standard InChI is InChI=1S/C18H23NO3/c1-14-13-19-18(22-14)17(20)11-6-4-3-5-8-15-9-7-10-16(12-15)21-2/h7,9-10,12-13H,3-6,8,11H2,1-2H3. The molecule has 0 radical (unpaired) electrons. The van der Waals surface area contributed by atoms with Crippen molar-refractivity contribution in [2.45, 2.75) is 45.4 Å². The lowest BCUT2D eigenvalue weighted by Gasteiger charge is -2.04. The van der Waals surface area contributed by atoms with Gasteiger partial charge in [-0.15, -0.1) is 0 Å². The first kappa shape index (κ1) is 16.3. The zero-order valence-corrected chi connectivity index (χ0v) is 13.3. The number of carbonyl (C=O) groups is 1. The van der Waals surface area contributed by atoms with Crippen molar-refractivity contribution >= 4 is 5.78 Å². The average molecular weight is 301 g/mol. The molecule has 0 unspecified atom stereocenters. The summed E-state index contributed by atoms with van der Waals surface area (Å²) in [6, 6.07) is 8.18. The first-order valence-corrected chi connectivity index (χ1v) is 7.77. The van der Waals surface area contributed by atoms with E-state index in [9.17, 15) is 4.79 Å². The van der Waals surface area contributed by atoms with Crippen LogP contribution in [0.4, 0.5) is 0 Å². The minimum atomic E-state index is 0.000829. The number of nitrogens with zero attached hydrogens (tertiary/aromatic N) is 1. The van der Waals surface area contributed by atoms with E-state index >= 15 is 0 Å². The average Bonchev–Trinajstić information content (AvgIpc) is 2.97. The Morgan fingerprint density at radius 3 is 2.77 bits per heavy atom. The molecule has 4 nitrogen and oxygen atoms in total. The third-order valence-electron chi connectivity index (χ3n) is 3.61. The van der Waals surface area contributed by atoms with Crippen molar-refractivity contribution in [2.75, 3.05) is 7.11 Å². The van der Waals surface area contributed by atoms with E-state index in [-0.39, 0.29) is 11.7 Å². The van der Waals surface area contributed by atoms with Crippen molar-refractivity contribution in [2.24, 2.45) is 0 Å². The number of benzene rings is 1. The summed E-state index contributed by atoms with van der Waals surface area (Å²) in [6.45, 7) is 1.79. The van der Waals surface area contributed by atoms with Crippen LogP contribution in [0.2, 0.25) is 0 Å². The highest BCUT2D eigenvalue weighted by Crippen LogP contribution is 2.16. The quantitative estimate of drug-likeness (QED) is 0.510. The maximum absolute atomic E-state index is 11.8. The van der Waals surface area contributed by atoms with E-state index in [0.29, 0.717) is 12.2 Å². The van der Waals surface area contributed by atoms with Gasteiger partial charge in [0.1, 0.15) is 11.5 Å². The third kappa shape index (κ3) is 5.02. The van der Waals surface area contributed by atoms with Crippen LogP contribution >= 0.6 is 0 Å². The van der Waals surface area contributed by atoms with Crippen LogP contribution in [0.5, 0.6) is 5.75 Å². The maximum Gasteiger partial charge on any atom is 0.263 e. The second-order valence-corrected chi connectivity index (χ2v) is 5.46. The number of ether oxygens (including phenoxy) is 1. The van der Waals surface area contributed by atoms with E-state index in [1.54, 1.807) is 20.2 Å². The van der Waals surface area contributed by atoms with Crippen molar-refractivity contribution in [1.29, 1.82) is 0 Å². The van der Waals surface area contributed by atoms with Crippen LogP contribution in [0.1, 0.15) is 54.1 Å². The van der Waals surface area contributed by atoms with Crippen molar-refractivity contribution < 1.29 is 13.9 Å². The van der Waals surface area contributed by atoms with E-state index in [4.69, 9.17) is 9.15 Å². The lowest BCUT2D eigenvalue weighted by Crippen LogP contribution is -1.99. The SMILES string of the molecule is COc1cccc(CCCCCCC(=O)c2ncc(C)o2)c1. The van der Waals surface area contributed by atoms with Gasteiger partial charge in [-0.2, -0.15) is 0 Å². The Morgan fingerprint density at radius 2 is 2.05 bits per heavy atom. The Kier molecular flexibility index (Phi) is 6.19. The van der Waals surface area contributed by atoms with Crippen molar-refractivity contribution in [3.63, 3.8) is 0 Å². The highest BCUT2D eigenvalue weighted by Gasteiger charge is 2.11. The third-order valence-corrected chi connectivity index (χ3v) is 3.61. The predicted molar refractivity (Wildman–Crippen MR) is 85.4 cm³/mol. The Labute approximate surface area is 131 Å².